The molecule has 0 saturated heterocycles. The van der Waals surface area contributed by atoms with Crippen molar-refractivity contribution in [3.05, 3.63) is 60.7 Å². The molecular formula is C30H46O10Si. The van der Waals surface area contributed by atoms with Crippen LogP contribution in [0.3, 0.4) is 0 Å². The number of hydrogen-bond donors (Lipinski definition) is 1. The first-order valence-electron chi connectivity index (χ1n) is 13.7. The number of methoxy groups -OCH3 is 4. The van der Waals surface area contributed by atoms with Gasteiger partial charge in [-0.05, 0) is 15.4 Å². The zero-order chi connectivity index (χ0) is 29.9. The lowest BCUT2D eigenvalue weighted by Gasteiger charge is -2.52. The van der Waals surface area contributed by atoms with Crippen LogP contribution in [0, 0.1) is 0 Å². The molecule has 1 fully saturated rings. The van der Waals surface area contributed by atoms with Crippen LogP contribution in [0.2, 0.25) is 5.04 Å². The summed E-state index contributed by atoms with van der Waals surface area (Å²) >= 11 is 0. The average Bonchev–Trinajstić information content (AvgIpc) is 2.97. The molecular weight excluding hydrogens is 548 g/mol. The summed E-state index contributed by atoms with van der Waals surface area (Å²) in [7, 11) is 2.95. The highest BCUT2D eigenvalue weighted by molar-refractivity contribution is 6.99. The lowest BCUT2D eigenvalue weighted by molar-refractivity contribution is -0.297. The minimum Gasteiger partial charge on any atom is -0.399 e. The highest BCUT2D eigenvalue weighted by Crippen LogP contribution is 2.41. The van der Waals surface area contributed by atoms with E-state index >= 15 is 0 Å². The van der Waals surface area contributed by atoms with E-state index in [4.69, 9.17) is 42.3 Å². The van der Waals surface area contributed by atoms with Gasteiger partial charge in [-0.15, -0.1) is 0 Å². The first-order chi connectivity index (χ1) is 19.8. The SMILES string of the molecule is COCO[C@H]1[C@@H](O[Si](c2ccccc2)(c2ccccc2)C(C)(C)C)[C@H](OCOC)[C@@H](O)[C@H](OCOC)[C@H]1OCOC. The molecule has 2 aromatic carbocycles. The van der Waals surface area contributed by atoms with E-state index in [0.717, 1.165) is 10.4 Å². The van der Waals surface area contributed by atoms with Crippen LogP contribution in [0.5, 0.6) is 0 Å². The Morgan fingerprint density at radius 2 is 0.902 bits per heavy atom. The molecule has 10 nitrogen and oxygen atoms in total. The molecule has 0 amide bonds. The van der Waals surface area contributed by atoms with Crippen molar-refractivity contribution in [1.29, 1.82) is 0 Å². The third-order valence-corrected chi connectivity index (χ3v) is 12.2. The van der Waals surface area contributed by atoms with Gasteiger partial charge in [0.1, 0.15) is 63.8 Å². The predicted molar refractivity (Wildman–Crippen MR) is 155 cm³/mol. The summed E-state index contributed by atoms with van der Waals surface area (Å²) in [5, 5.41) is 13.5. The van der Waals surface area contributed by atoms with Crippen molar-refractivity contribution in [3.8, 4) is 0 Å². The van der Waals surface area contributed by atoms with Gasteiger partial charge in [0.15, 0.2) is 0 Å². The van der Waals surface area contributed by atoms with Gasteiger partial charge in [-0.25, -0.2) is 0 Å². The number of aliphatic hydroxyl groups is 1. The van der Waals surface area contributed by atoms with Crippen molar-refractivity contribution in [1.82, 2.24) is 0 Å². The van der Waals surface area contributed by atoms with Crippen LogP contribution in [0.25, 0.3) is 0 Å². The average molecular weight is 595 g/mol. The molecule has 230 valence electrons. The molecule has 0 aromatic heterocycles. The summed E-state index contributed by atoms with van der Waals surface area (Å²) in [6, 6.07) is 20.4. The van der Waals surface area contributed by atoms with Crippen LogP contribution < -0.4 is 10.4 Å². The predicted octanol–water partition coefficient (Wildman–Crippen LogP) is 2.26. The summed E-state index contributed by atoms with van der Waals surface area (Å²) in [6.07, 6.45) is -5.44. The molecule has 1 aliphatic carbocycles. The van der Waals surface area contributed by atoms with Crippen LogP contribution >= 0.6 is 0 Å². The molecule has 41 heavy (non-hydrogen) atoms. The van der Waals surface area contributed by atoms with Gasteiger partial charge in [-0.3, -0.25) is 0 Å². The minimum atomic E-state index is -3.14. The fraction of sp³-hybridized carbons (Fsp3) is 0.600. The molecule has 0 spiro atoms. The van der Waals surface area contributed by atoms with Crippen LogP contribution in [0.1, 0.15) is 20.8 Å². The number of rotatable bonds is 16. The molecule has 11 heteroatoms. The van der Waals surface area contributed by atoms with Crippen molar-refractivity contribution in [2.24, 2.45) is 0 Å². The summed E-state index contributed by atoms with van der Waals surface area (Å²) in [5.74, 6) is 0. The number of benzene rings is 2. The summed E-state index contributed by atoms with van der Waals surface area (Å²) in [5.41, 5.74) is 0. The van der Waals surface area contributed by atoms with E-state index in [1.54, 1.807) is 7.11 Å². The van der Waals surface area contributed by atoms with Crippen molar-refractivity contribution in [2.75, 3.05) is 55.6 Å². The van der Waals surface area contributed by atoms with Crippen LogP contribution in [-0.4, -0.2) is 106 Å². The Morgan fingerprint density at radius 3 is 1.27 bits per heavy atom. The van der Waals surface area contributed by atoms with Crippen molar-refractivity contribution in [2.45, 2.75) is 62.4 Å². The quantitative estimate of drug-likeness (QED) is 0.230. The molecule has 2 aromatic rings. The number of ether oxygens (including phenoxy) is 8. The lowest BCUT2D eigenvalue weighted by atomic mass is 9.84. The van der Waals surface area contributed by atoms with E-state index in [0.29, 0.717) is 0 Å². The Kier molecular flexibility index (Phi) is 13.3. The highest BCUT2D eigenvalue weighted by atomic mass is 28.4. The van der Waals surface area contributed by atoms with Crippen molar-refractivity contribution in [3.63, 3.8) is 0 Å². The number of aliphatic hydroxyl groups excluding tert-OH is 1. The Hall–Kier alpha value is -1.74. The van der Waals surface area contributed by atoms with E-state index in [2.05, 4.69) is 45.0 Å². The second-order valence-electron chi connectivity index (χ2n) is 10.9. The fourth-order valence-electron chi connectivity index (χ4n) is 5.52. The second-order valence-corrected chi connectivity index (χ2v) is 15.1. The molecule has 0 radical (unpaired) electrons. The Bertz CT molecular complexity index is 950. The van der Waals surface area contributed by atoms with E-state index in [9.17, 15) is 5.11 Å². The fourth-order valence-corrected chi connectivity index (χ4v) is 10.2. The first-order valence-corrected chi connectivity index (χ1v) is 15.6. The third-order valence-electron chi connectivity index (χ3n) is 7.21. The minimum absolute atomic E-state index is 0.0534. The van der Waals surface area contributed by atoms with Gasteiger partial charge in [0.2, 0.25) is 0 Å². The molecule has 1 N–H and O–H groups in total. The smallest absolute Gasteiger partial charge is 0.261 e. The van der Waals surface area contributed by atoms with Crippen molar-refractivity contribution >= 4 is 18.7 Å². The lowest BCUT2D eigenvalue weighted by Crippen LogP contribution is -2.74. The molecule has 3 rings (SSSR count). The van der Waals surface area contributed by atoms with E-state index in [-0.39, 0.29) is 32.2 Å². The standard InChI is InChI=1S/C30H46O10Si/c1-30(2,3)41(22-14-10-8-11-15-22,23-16-12-9-13-17-23)40-29-26(37-19-33-5)24(31)25(36-18-32-4)27(38-20-34-6)28(29)39-21-35-7/h8-17,24-29,31H,18-21H2,1-7H3/t24-,25-,26+,27+,28+,29-/m0/s1. The van der Waals surface area contributed by atoms with Gasteiger partial charge in [0.05, 0.1) is 0 Å². The molecule has 0 bridgehead atoms. The van der Waals surface area contributed by atoms with Gasteiger partial charge in [-0.1, -0.05) is 81.4 Å². The van der Waals surface area contributed by atoms with Gasteiger partial charge >= 0.3 is 0 Å². The topological polar surface area (TPSA) is 103 Å². The highest BCUT2D eigenvalue weighted by Gasteiger charge is 2.59. The summed E-state index contributed by atoms with van der Waals surface area (Å²) in [6.45, 7) is 6.26. The molecule has 0 aliphatic heterocycles. The van der Waals surface area contributed by atoms with Gasteiger partial charge < -0.3 is 47.4 Å². The molecule has 0 unspecified atom stereocenters. The van der Waals surface area contributed by atoms with E-state index in [1.165, 1.54) is 21.3 Å². The van der Waals surface area contributed by atoms with Gasteiger partial charge in [0.25, 0.3) is 8.32 Å². The summed E-state index contributed by atoms with van der Waals surface area (Å²) in [4.78, 5) is 0. The Morgan fingerprint density at radius 1 is 0.561 bits per heavy atom. The first kappa shape index (κ1) is 33.8. The normalized spacial score (nSPS) is 25.4. The Labute approximate surface area is 244 Å². The zero-order valence-electron chi connectivity index (χ0n) is 25.2. The summed E-state index contributed by atoms with van der Waals surface area (Å²) < 4.78 is 53.0. The molecule has 1 aliphatic rings. The van der Waals surface area contributed by atoms with Gasteiger partial charge in [0, 0.05) is 28.4 Å². The van der Waals surface area contributed by atoms with Crippen LogP contribution in [0.4, 0.5) is 0 Å². The largest absolute Gasteiger partial charge is 0.399 e. The van der Waals surface area contributed by atoms with E-state index < -0.39 is 44.9 Å². The monoisotopic (exact) mass is 594 g/mol. The molecule has 1 saturated carbocycles. The zero-order valence-corrected chi connectivity index (χ0v) is 26.2. The third kappa shape index (κ3) is 7.81. The number of hydrogen-bond acceptors (Lipinski definition) is 10. The molecule has 0 heterocycles. The van der Waals surface area contributed by atoms with Crippen LogP contribution in [0.15, 0.2) is 60.7 Å². The maximum Gasteiger partial charge on any atom is 0.261 e. The molecule has 6 atom stereocenters. The van der Waals surface area contributed by atoms with Crippen LogP contribution in [-0.2, 0) is 42.3 Å². The van der Waals surface area contributed by atoms with Crippen molar-refractivity contribution < 1.29 is 47.4 Å². The second kappa shape index (κ2) is 16.2. The maximum absolute atomic E-state index is 11.8. The Balaban J connectivity index is 2.25. The maximum atomic E-state index is 11.8. The van der Waals surface area contributed by atoms with Gasteiger partial charge in [-0.2, -0.15) is 0 Å². The van der Waals surface area contributed by atoms with E-state index in [1.807, 2.05) is 36.4 Å².